The van der Waals surface area contributed by atoms with E-state index < -0.39 is 6.04 Å². The Morgan fingerprint density at radius 3 is 2.18 bits per heavy atom. The van der Waals surface area contributed by atoms with E-state index in [1.165, 1.54) is 0 Å². The van der Waals surface area contributed by atoms with E-state index in [1.807, 2.05) is 44.2 Å². The Kier molecular flexibility index (Phi) is 8.34. The molecule has 2 amide bonds. The summed E-state index contributed by atoms with van der Waals surface area (Å²) in [4.78, 5) is 27.4. The van der Waals surface area contributed by atoms with E-state index in [9.17, 15) is 9.59 Å². The molecular weight excluding hydrogens is 395 g/mol. The van der Waals surface area contributed by atoms with Crippen LogP contribution in [0.15, 0.2) is 48.5 Å². The predicted octanol–water partition coefficient (Wildman–Crippen LogP) is 4.87. The van der Waals surface area contributed by atoms with Gasteiger partial charge in [-0.3, -0.25) is 9.59 Å². The standard InChI is InChI=1S/C22H26Cl2N2O2/c1-4-15(2)25-22(28)16(3)26(14-17-9-6-5-7-10-17)21(27)13-18-19(23)11-8-12-20(18)24/h5-12,15-16H,4,13-14H2,1-3H3,(H,25,28)/t15-,16-/m1/s1. The smallest absolute Gasteiger partial charge is 0.242 e. The molecule has 0 aliphatic rings. The molecule has 1 N–H and O–H groups in total. The van der Waals surface area contributed by atoms with Crippen molar-refractivity contribution in [3.63, 3.8) is 0 Å². The average molecular weight is 421 g/mol. The molecule has 0 radical (unpaired) electrons. The Balaban J connectivity index is 2.26. The van der Waals surface area contributed by atoms with Gasteiger partial charge in [-0.15, -0.1) is 0 Å². The molecule has 0 spiro atoms. The van der Waals surface area contributed by atoms with Crippen molar-refractivity contribution < 1.29 is 9.59 Å². The molecule has 150 valence electrons. The molecule has 0 saturated carbocycles. The fourth-order valence-electron chi connectivity index (χ4n) is 2.78. The van der Waals surface area contributed by atoms with Crippen LogP contribution in [0, 0.1) is 0 Å². The molecule has 28 heavy (non-hydrogen) atoms. The molecule has 0 aromatic heterocycles. The van der Waals surface area contributed by atoms with Gasteiger partial charge in [-0.25, -0.2) is 0 Å². The third-order valence-electron chi connectivity index (χ3n) is 4.75. The molecule has 2 rings (SSSR count). The Morgan fingerprint density at radius 1 is 1.00 bits per heavy atom. The van der Waals surface area contributed by atoms with Gasteiger partial charge in [-0.2, -0.15) is 0 Å². The zero-order valence-electron chi connectivity index (χ0n) is 16.4. The van der Waals surface area contributed by atoms with Gasteiger partial charge >= 0.3 is 0 Å². The van der Waals surface area contributed by atoms with Gasteiger partial charge in [-0.05, 0) is 43.5 Å². The van der Waals surface area contributed by atoms with Crippen LogP contribution in [-0.4, -0.2) is 28.8 Å². The van der Waals surface area contributed by atoms with Crippen molar-refractivity contribution in [2.45, 2.75) is 52.2 Å². The lowest BCUT2D eigenvalue weighted by Gasteiger charge is -2.30. The van der Waals surface area contributed by atoms with E-state index in [0.717, 1.165) is 12.0 Å². The molecule has 0 saturated heterocycles. The van der Waals surface area contributed by atoms with Gasteiger partial charge in [0.1, 0.15) is 6.04 Å². The average Bonchev–Trinajstić information content (AvgIpc) is 2.69. The number of rotatable bonds is 8. The third-order valence-corrected chi connectivity index (χ3v) is 5.46. The second-order valence-corrected chi connectivity index (χ2v) is 7.69. The van der Waals surface area contributed by atoms with Gasteiger partial charge in [0, 0.05) is 22.6 Å². The molecular formula is C22H26Cl2N2O2. The van der Waals surface area contributed by atoms with Crippen molar-refractivity contribution in [2.24, 2.45) is 0 Å². The largest absolute Gasteiger partial charge is 0.352 e. The Morgan fingerprint density at radius 2 is 1.61 bits per heavy atom. The van der Waals surface area contributed by atoms with Crippen molar-refractivity contribution >= 4 is 35.0 Å². The van der Waals surface area contributed by atoms with E-state index in [4.69, 9.17) is 23.2 Å². The monoisotopic (exact) mass is 420 g/mol. The fraction of sp³-hybridized carbons (Fsp3) is 0.364. The molecule has 6 heteroatoms. The molecule has 0 aliphatic heterocycles. The second kappa shape index (κ2) is 10.5. The molecule has 2 atom stereocenters. The third kappa shape index (κ3) is 5.98. The lowest BCUT2D eigenvalue weighted by Crippen LogP contribution is -2.49. The molecule has 2 aromatic rings. The Labute approximate surface area is 176 Å². The minimum absolute atomic E-state index is 0.0340. The van der Waals surface area contributed by atoms with Crippen LogP contribution in [0.4, 0.5) is 0 Å². The number of carbonyl (C=O) groups is 2. The fourth-order valence-corrected chi connectivity index (χ4v) is 3.31. The SMILES string of the molecule is CC[C@@H](C)NC(=O)[C@@H](C)N(Cc1ccccc1)C(=O)Cc1c(Cl)cccc1Cl. The van der Waals surface area contributed by atoms with E-state index in [1.54, 1.807) is 30.0 Å². The summed E-state index contributed by atoms with van der Waals surface area (Å²) in [7, 11) is 0. The maximum atomic E-state index is 13.2. The lowest BCUT2D eigenvalue weighted by atomic mass is 10.1. The van der Waals surface area contributed by atoms with Crippen molar-refractivity contribution in [1.29, 1.82) is 0 Å². The topological polar surface area (TPSA) is 49.4 Å². The summed E-state index contributed by atoms with van der Waals surface area (Å²) in [6, 6.07) is 14.2. The summed E-state index contributed by atoms with van der Waals surface area (Å²) in [6.45, 7) is 6.02. The zero-order valence-corrected chi connectivity index (χ0v) is 17.9. The number of carbonyl (C=O) groups excluding carboxylic acids is 2. The number of hydrogen-bond donors (Lipinski definition) is 1. The predicted molar refractivity (Wildman–Crippen MR) is 115 cm³/mol. The van der Waals surface area contributed by atoms with E-state index in [0.29, 0.717) is 22.2 Å². The van der Waals surface area contributed by atoms with Crippen molar-refractivity contribution in [1.82, 2.24) is 10.2 Å². The first-order valence-electron chi connectivity index (χ1n) is 9.40. The highest BCUT2D eigenvalue weighted by Crippen LogP contribution is 2.26. The van der Waals surface area contributed by atoms with Crippen LogP contribution in [-0.2, 0) is 22.6 Å². The summed E-state index contributed by atoms with van der Waals surface area (Å²) in [5.41, 5.74) is 1.52. The Hall–Kier alpha value is -2.04. The van der Waals surface area contributed by atoms with Gasteiger partial charge < -0.3 is 10.2 Å². The highest BCUT2D eigenvalue weighted by Gasteiger charge is 2.27. The van der Waals surface area contributed by atoms with Crippen molar-refractivity contribution in [2.75, 3.05) is 0 Å². The summed E-state index contributed by atoms with van der Waals surface area (Å²) in [5, 5.41) is 3.84. The van der Waals surface area contributed by atoms with Crippen LogP contribution in [0.5, 0.6) is 0 Å². The molecule has 2 aromatic carbocycles. The Bertz CT molecular complexity index is 791. The number of halogens is 2. The number of hydrogen-bond acceptors (Lipinski definition) is 2. The number of amides is 2. The van der Waals surface area contributed by atoms with Crippen LogP contribution in [0.1, 0.15) is 38.3 Å². The normalized spacial score (nSPS) is 12.9. The van der Waals surface area contributed by atoms with Crippen molar-refractivity contribution in [3.05, 3.63) is 69.7 Å². The van der Waals surface area contributed by atoms with Crippen LogP contribution in [0.2, 0.25) is 10.0 Å². The minimum Gasteiger partial charge on any atom is -0.352 e. The highest BCUT2D eigenvalue weighted by atomic mass is 35.5. The molecule has 0 bridgehead atoms. The van der Waals surface area contributed by atoms with Crippen LogP contribution in [0.25, 0.3) is 0 Å². The number of nitrogens with one attached hydrogen (secondary N) is 1. The first-order valence-corrected chi connectivity index (χ1v) is 10.2. The molecule has 0 fully saturated rings. The second-order valence-electron chi connectivity index (χ2n) is 6.88. The summed E-state index contributed by atoms with van der Waals surface area (Å²) >= 11 is 12.5. The zero-order chi connectivity index (χ0) is 20.7. The molecule has 0 heterocycles. The first kappa shape index (κ1) is 22.3. The summed E-state index contributed by atoms with van der Waals surface area (Å²) < 4.78 is 0. The maximum absolute atomic E-state index is 13.2. The quantitative estimate of drug-likeness (QED) is 0.661. The maximum Gasteiger partial charge on any atom is 0.242 e. The summed E-state index contributed by atoms with van der Waals surface area (Å²) in [5.74, 6) is -0.380. The van der Waals surface area contributed by atoms with E-state index in [-0.39, 0.29) is 24.3 Å². The van der Waals surface area contributed by atoms with Crippen LogP contribution < -0.4 is 5.32 Å². The highest BCUT2D eigenvalue weighted by molar-refractivity contribution is 6.36. The number of nitrogens with zero attached hydrogens (tertiary/aromatic N) is 1. The molecule has 4 nitrogen and oxygen atoms in total. The van der Waals surface area contributed by atoms with Gasteiger partial charge in [-0.1, -0.05) is 66.5 Å². The molecule has 0 aliphatic carbocycles. The number of benzene rings is 2. The van der Waals surface area contributed by atoms with E-state index >= 15 is 0 Å². The minimum atomic E-state index is -0.622. The van der Waals surface area contributed by atoms with Gasteiger partial charge in [0.05, 0.1) is 6.42 Å². The van der Waals surface area contributed by atoms with E-state index in [2.05, 4.69) is 5.32 Å². The van der Waals surface area contributed by atoms with Gasteiger partial charge in [0.25, 0.3) is 0 Å². The summed E-state index contributed by atoms with van der Waals surface area (Å²) in [6.07, 6.45) is 0.854. The van der Waals surface area contributed by atoms with Gasteiger partial charge in [0.15, 0.2) is 0 Å². The van der Waals surface area contributed by atoms with Crippen molar-refractivity contribution in [3.8, 4) is 0 Å². The van der Waals surface area contributed by atoms with Crippen LogP contribution in [0.3, 0.4) is 0 Å². The van der Waals surface area contributed by atoms with Gasteiger partial charge in [0.2, 0.25) is 11.8 Å². The van der Waals surface area contributed by atoms with Crippen LogP contribution >= 0.6 is 23.2 Å². The first-order chi connectivity index (χ1) is 13.3. The molecule has 0 unspecified atom stereocenters. The lowest BCUT2D eigenvalue weighted by molar-refractivity contribution is -0.140.